The Balaban J connectivity index is 2.12. The van der Waals surface area contributed by atoms with E-state index in [1.54, 1.807) is 0 Å². The summed E-state index contributed by atoms with van der Waals surface area (Å²) in [6.45, 7) is 4.71. The van der Waals surface area contributed by atoms with Crippen LogP contribution in [0.3, 0.4) is 0 Å². The van der Waals surface area contributed by atoms with Crippen LogP contribution in [-0.2, 0) is 0 Å². The molecule has 3 rings (SSSR count). The first-order valence-electron chi connectivity index (χ1n) is 6.26. The van der Waals surface area contributed by atoms with Crippen molar-refractivity contribution < 1.29 is 0 Å². The van der Waals surface area contributed by atoms with Crippen LogP contribution in [0.1, 0.15) is 39.2 Å². The fourth-order valence-corrected chi connectivity index (χ4v) is 3.41. The van der Waals surface area contributed by atoms with Crippen molar-refractivity contribution in [3.05, 3.63) is 29.0 Å². The SMILES string of the molecule is CC1(C)CCC(n2c(=S)[nH]c3ccccc32)C1. The van der Waals surface area contributed by atoms with Gasteiger partial charge >= 0.3 is 0 Å². The molecule has 0 aliphatic heterocycles. The highest BCUT2D eigenvalue weighted by Crippen LogP contribution is 2.44. The maximum Gasteiger partial charge on any atom is 0.178 e. The van der Waals surface area contributed by atoms with Gasteiger partial charge in [-0.15, -0.1) is 0 Å². The molecule has 1 aliphatic rings. The highest BCUT2D eigenvalue weighted by Gasteiger charge is 2.32. The molecular formula is C14H18N2S. The third-order valence-electron chi connectivity index (χ3n) is 3.93. The van der Waals surface area contributed by atoms with Crippen LogP contribution in [0, 0.1) is 10.2 Å². The standard InChI is InChI=1S/C14H18N2S/c1-14(2)8-7-10(9-14)16-12-6-4-3-5-11(12)15-13(16)17/h3-6,10H,7-9H2,1-2H3,(H,15,17). The van der Waals surface area contributed by atoms with Crippen molar-refractivity contribution in [2.24, 2.45) is 5.41 Å². The first-order valence-corrected chi connectivity index (χ1v) is 6.67. The summed E-state index contributed by atoms with van der Waals surface area (Å²) < 4.78 is 3.19. The number of hydrogen-bond acceptors (Lipinski definition) is 1. The van der Waals surface area contributed by atoms with Crippen molar-refractivity contribution in [2.75, 3.05) is 0 Å². The predicted molar refractivity (Wildman–Crippen MR) is 73.8 cm³/mol. The number of benzene rings is 1. The molecule has 1 aromatic heterocycles. The van der Waals surface area contributed by atoms with Crippen LogP contribution in [0.5, 0.6) is 0 Å². The molecule has 3 heteroatoms. The van der Waals surface area contributed by atoms with Gasteiger partial charge in [-0.1, -0.05) is 26.0 Å². The van der Waals surface area contributed by atoms with Crippen molar-refractivity contribution in [1.82, 2.24) is 9.55 Å². The third-order valence-corrected chi connectivity index (χ3v) is 4.23. The van der Waals surface area contributed by atoms with E-state index in [1.807, 2.05) is 0 Å². The number of nitrogens with one attached hydrogen (secondary N) is 1. The van der Waals surface area contributed by atoms with Crippen LogP contribution in [0.2, 0.25) is 0 Å². The normalized spacial score (nSPS) is 23.3. The van der Waals surface area contributed by atoms with Gasteiger partial charge in [0.15, 0.2) is 4.77 Å². The zero-order valence-corrected chi connectivity index (χ0v) is 11.2. The van der Waals surface area contributed by atoms with Gasteiger partial charge in [0.2, 0.25) is 0 Å². The molecular weight excluding hydrogens is 228 g/mol. The van der Waals surface area contributed by atoms with Crippen molar-refractivity contribution in [1.29, 1.82) is 0 Å². The first kappa shape index (κ1) is 11.0. The number of aromatic nitrogens is 2. The van der Waals surface area contributed by atoms with Gasteiger partial charge in [0.25, 0.3) is 0 Å². The maximum absolute atomic E-state index is 5.47. The molecule has 1 heterocycles. The van der Waals surface area contributed by atoms with Gasteiger partial charge in [-0.05, 0) is 49.0 Å². The van der Waals surface area contributed by atoms with E-state index in [0.29, 0.717) is 11.5 Å². The molecule has 1 aliphatic carbocycles. The zero-order valence-electron chi connectivity index (χ0n) is 10.4. The molecule has 90 valence electrons. The Hall–Kier alpha value is -1.09. The second-order valence-corrected chi connectivity index (χ2v) is 6.26. The molecule has 2 nitrogen and oxygen atoms in total. The minimum absolute atomic E-state index is 0.456. The molecule has 0 saturated heterocycles. The lowest BCUT2D eigenvalue weighted by atomic mass is 9.92. The number of para-hydroxylation sites is 2. The van der Waals surface area contributed by atoms with Crippen LogP contribution in [0.25, 0.3) is 11.0 Å². The van der Waals surface area contributed by atoms with Gasteiger partial charge in [-0.2, -0.15) is 0 Å². The molecule has 1 unspecified atom stereocenters. The maximum atomic E-state index is 5.47. The molecule has 1 atom stereocenters. The van der Waals surface area contributed by atoms with Crippen LogP contribution < -0.4 is 0 Å². The minimum Gasteiger partial charge on any atom is -0.331 e. The Labute approximate surface area is 107 Å². The number of fused-ring (bicyclic) bond motifs is 1. The Morgan fingerprint density at radius 1 is 1.35 bits per heavy atom. The van der Waals surface area contributed by atoms with E-state index >= 15 is 0 Å². The van der Waals surface area contributed by atoms with E-state index in [0.717, 1.165) is 10.3 Å². The van der Waals surface area contributed by atoms with Crippen LogP contribution >= 0.6 is 12.2 Å². The van der Waals surface area contributed by atoms with E-state index < -0.39 is 0 Å². The van der Waals surface area contributed by atoms with Gasteiger partial charge in [-0.3, -0.25) is 0 Å². The quantitative estimate of drug-likeness (QED) is 0.737. The number of nitrogens with zero attached hydrogens (tertiary/aromatic N) is 1. The summed E-state index contributed by atoms with van der Waals surface area (Å²) in [6, 6.07) is 8.96. The smallest absolute Gasteiger partial charge is 0.178 e. The molecule has 1 N–H and O–H groups in total. The lowest BCUT2D eigenvalue weighted by Crippen LogP contribution is -2.09. The molecule has 2 aromatic rings. The lowest BCUT2D eigenvalue weighted by molar-refractivity contribution is 0.360. The molecule has 1 saturated carbocycles. The largest absolute Gasteiger partial charge is 0.331 e. The monoisotopic (exact) mass is 246 g/mol. The summed E-state index contributed by atoms with van der Waals surface area (Å²) in [5, 5.41) is 0. The summed E-state index contributed by atoms with van der Waals surface area (Å²) >= 11 is 5.47. The topological polar surface area (TPSA) is 20.7 Å². The molecule has 17 heavy (non-hydrogen) atoms. The molecule has 0 spiro atoms. The highest BCUT2D eigenvalue weighted by atomic mass is 32.1. The van der Waals surface area contributed by atoms with Crippen molar-refractivity contribution in [3.8, 4) is 0 Å². The fourth-order valence-electron chi connectivity index (χ4n) is 3.06. The molecule has 0 amide bonds. The summed E-state index contributed by atoms with van der Waals surface area (Å²) in [4.78, 5) is 3.31. The van der Waals surface area contributed by atoms with Gasteiger partial charge in [0.05, 0.1) is 11.0 Å². The van der Waals surface area contributed by atoms with E-state index in [4.69, 9.17) is 12.2 Å². The van der Waals surface area contributed by atoms with Gasteiger partial charge in [-0.25, -0.2) is 0 Å². The van der Waals surface area contributed by atoms with E-state index in [1.165, 1.54) is 24.8 Å². The lowest BCUT2D eigenvalue weighted by Gasteiger charge is -2.18. The van der Waals surface area contributed by atoms with E-state index in [9.17, 15) is 0 Å². The summed E-state index contributed by atoms with van der Waals surface area (Å²) in [5.74, 6) is 0. The first-order chi connectivity index (χ1) is 8.07. The van der Waals surface area contributed by atoms with Gasteiger partial charge in [0.1, 0.15) is 0 Å². The Morgan fingerprint density at radius 2 is 2.12 bits per heavy atom. The molecule has 1 fully saturated rings. The number of H-pyrrole nitrogens is 1. The summed E-state index contributed by atoms with van der Waals surface area (Å²) in [7, 11) is 0. The number of rotatable bonds is 1. The molecule has 0 radical (unpaired) electrons. The van der Waals surface area contributed by atoms with Crippen LogP contribution in [0.15, 0.2) is 24.3 Å². The Morgan fingerprint density at radius 3 is 2.82 bits per heavy atom. The van der Waals surface area contributed by atoms with E-state index in [-0.39, 0.29) is 0 Å². The highest BCUT2D eigenvalue weighted by molar-refractivity contribution is 7.71. The van der Waals surface area contributed by atoms with Gasteiger partial charge in [0, 0.05) is 6.04 Å². The number of imidazole rings is 1. The van der Waals surface area contributed by atoms with E-state index in [2.05, 4.69) is 47.7 Å². The van der Waals surface area contributed by atoms with Crippen LogP contribution in [-0.4, -0.2) is 9.55 Å². The number of hydrogen-bond donors (Lipinski definition) is 1. The summed E-state index contributed by atoms with van der Waals surface area (Å²) in [6.07, 6.45) is 3.76. The van der Waals surface area contributed by atoms with Crippen LogP contribution in [0.4, 0.5) is 0 Å². The van der Waals surface area contributed by atoms with Crippen molar-refractivity contribution in [3.63, 3.8) is 0 Å². The average molecular weight is 246 g/mol. The fraction of sp³-hybridized carbons (Fsp3) is 0.500. The Kier molecular flexibility index (Phi) is 2.40. The molecule has 1 aromatic carbocycles. The summed E-state index contributed by atoms with van der Waals surface area (Å²) in [5.41, 5.74) is 2.86. The number of aromatic amines is 1. The Bertz CT molecular complexity index is 606. The van der Waals surface area contributed by atoms with Crippen molar-refractivity contribution in [2.45, 2.75) is 39.2 Å². The second kappa shape index (κ2) is 3.70. The molecule has 0 bridgehead atoms. The average Bonchev–Trinajstić information content (AvgIpc) is 2.77. The van der Waals surface area contributed by atoms with Gasteiger partial charge < -0.3 is 9.55 Å². The zero-order chi connectivity index (χ0) is 12.0. The second-order valence-electron chi connectivity index (χ2n) is 5.88. The third kappa shape index (κ3) is 1.82. The predicted octanol–water partition coefficient (Wildman–Crippen LogP) is 4.45. The van der Waals surface area contributed by atoms with Crippen molar-refractivity contribution >= 4 is 23.3 Å². The minimum atomic E-state index is 0.456.